The minimum Gasteiger partial charge on any atom is -0.507 e. The van der Waals surface area contributed by atoms with E-state index in [0.717, 1.165) is 18.4 Å². The summed E-state index contributed by atoms with van der Waals surface area (Å²) in [7, 11) is 0. The third-order valence-electron chi connectivity index (χ3n) is 4.38. The molecule has 1 saturated carbocycles. The van der Waals surface area contributed by atoms with Crippen molar-refractivity contribution in [2.24, 2.45) is 5.92 Å². The number of benzene rings is 2. The van der Waals surface area contributed by atoms with Crippen molar-refractivity contribution in [3.63, 3.8) is 0 Å². The van der Waals surface area contributed by atoms with Gasteiger partial charge in [0.2, 0.25) is 0 Å². The maximum absolute atomic E-state index is 12.5. The summed E-state index contributed by atoms with van der Waals surface area (Å²) in [6.07, 6.45) is 2.15. The molecule has 0 radical (unpaired) electrons. The van der Waals surface area contributed by atoms with Crippen molar-refractivity contribution in [1.29, 1.82) is 0 Å². The van der Waals surface area contributed by atoms with Crippen LogP contribution in [-0.2, 0) is 0 Å². The van der Waals surface area contributed by atoms with Crippen LogP contribution in [0, 0.1) is 5.92 Å². The second-order valence-electron chi connectivity index (χ2n) is 5.87. The Hall–Kier alpha value is -2.55. The fourth-order valence-corrected chi connectivity index (χ4v) is 3.19. The van der Waals surface area contributed by atoms with Crippen LogP contribution in [0.5, 0.6) is 5.75 Å². The van der Waals surface area contributed by atoms with Gasteiger partial charge in [-0.3, -0.25) is 0 Å². The summed E-state index contributed by atoms with van der Waals surface area (Å²) in [5, 5.41) is 11.3. The van der Waals surface area contributed by atoms with E-state index >= 15 is 0 Å². The van der Waals surface area contributed by atoms with Crippen LogP contribution in [0.15, 0.2) is 63.8 Å². The SMILES string of the molecule is O=c1oc2ccccc2c(O)c1C(c1ccccc1)C1CC1. The first-order valence-electron chi connectivity index (χ1n) is 7.55. The monoisotopic (exact) mass is 292 g/mol. The first-order valence-corrected chi connectivity index (χ1v) is 7.55. The smallest absolute Gasteiger partial charge is 0.343 e. The third kappa shape index (κ3) is 2.10. The van der Waals surface area contributed by atoms with E-state index in [1.807, 2.05) is 36.4 Å². The summed E-state index contributed by atoms with van der Waals surface area (Å²) in [6.45, 7) is 0. The molecule has 22 heavy (non-hydrogen) atoms. The Labute approximate surface area is 127 Å². The molecule has 0 amide bonds. The summed E-state index contributed by atoms with van der Waals surface area (Å²) in [6, 6.07) is 17.0. The van der Waals surface area contributed by atoms with Gasteiger partial charge < -0.3 is 9.52 Å². The lowest BCUT2D eigenvalue weighted by atomic mass is 9.87. The second-order valence-corrected chi connectivity index (χ2v) is 5.87. The minimum absolute atomic E-state index is 0.0626. The van der Waals surface area contributed by atoms with Gasteiger partial charge in [0, 0.05) is 5.92 Å². The van der Waals surface area contributed by atoms with Crippen molar-refractivity contribution >= 4 is 11.0 Å². The maximum Gasteiger partial charge on any atom is 0.343 e. The molecule has 3 nitrogen and oxygen atoms in total. The highest BCUT2D eigenvalue weighted by Crippen LogP contribution is 2.48. The normalized spacial score (nSPS) is 15.8. The number of rotatable bonds is 3. The van der Waals surface area contributed by atoms with Crippen LogP contribution in [0.1, 0.15) is 29.9 Å². The molecule has 110 valence electrons. The molecule has 1 N–H and O–H groups in total. The van der Waals surface area contributed by atoms with Gasteiger partial charge in [-0.05, 0) is 36.5 Å². The van der Waals surface area contributed by atoms with Gasteiger partial charge in [-0.2, -0.15) is 0 Å². The predicted octanol–water partition coefficient (Wildman–Crippen LogP) is 4.04. The lowest BCUT2D eigenvalue weighted by molar-refractivity contribution is 0.446. The number of fused-ring (bicyclic) bond motifs is 1. The summed E-state index contributed by atoms with van der Waals surface area (Å²) < 4.78 is 5.44. The van der Waals surface area contributed by atoms with E-state index in [1.165, 1.54) is 0 Å². The Morgan fingerprint density at radius 1 is 1.00 bits per heavy atom. The van der Waals surface area contributed by atoms with Gasteiger partial charge >= 0.3 is 5.63 Å². The second kappa shape index (κ2) is 5.02. The Bertz CT molecular complexity index is 876. The van der Waals surface area contributed by atoms with Crippen LogP contribution >= 0.6 is 0 Å². The fraction of sp³-hybridized carbons (Fsp3) is 0.211. The zero-order valence-corrected chi connectivity index (χ0v) is 12.0. The van der Waals surface area contributed by atoms with Crippen LogP contribution in [-0.4, -0.2) is 5.11 Å². The van der Waals surface area contributed by atoms with Crippen molar-refractivity contribution in [1.82, 2.24) is 0 Å². The van der Waals surface area contributed by atoms with Gasteiger partial charge in [0.05, 0.1) is 10.9 Å². The molecule has 1 aliphatic carbocycles. The molecular weight excluding hydrogens is 276 g/mol. The molecule has 1 unspecified atom stereocenters. The zero-order valence-electron chi connectivity index (χ0n) is 12.0. The van der Waals surface area contributed by atoms with Crippen LogP contribution < -0.4 is 5.63 Å². The molecule has 3 heteroatoms. The molecule has 0 saturated heterocycles. The average molecular weight is 292 g/mol. The highest BCUT2D eigenvalue weighted by atomic mass is 16.4. The van der Waals surface area contributed by atoms with Gasteiger partial charge in [-0.25, -0.2) is 4.79 Å². The van der Waals surface area contributed by atoms with Gasteiger partial charge in [0.15, 0.2) is 0 Å². The van der Waals surface area contributed by atoms with E-state index in [2.05, 4.69) is 0 Å². The Kier molecular flexibility index (Phi) is 3.00. The number of hydrogen-bond acceptors (Lipinski definition) is 3. The molecule has 1 heterocycles. The molecule has 2 aromatic carbocycles. The molecule has 0 bridgehead atoms. The molecule has 3 aromatic rings. The number of para-hydroxylation sites is 1. The summed E-state index contributed by atoms with van der Waals surface area (Å²) in [5.74, 6) is 0.368. The Morgan fingerprint density at radius 3 is 2.41 bits per heavy atom. The number of hydrogen-bond donors (Lipinski definition) is 1. The van der Waals surface area contributed by atoms with E-state index in [9.17, 15) is 9.90 Å². The predicted molar refractivity (Wildman–Crippen MR) is 85.2 cm³/mol. The van der Waals surface area contributed by atoms with Crippen LogP contribution in [0.2, 0.25) is 0 Å². The van der Waals surface area contributed by atoms with Gasteiger partial charge in [-0.15, -0.1) is 0 Å². The molecule has 4 rings (SSSR count). The van der Waals surface area contributed by atoms with Crippen LogP contribution in [0.4, 0.5) is 0 Å². The van der Waals surface area contributed by atoms with Crippen LogP contribution in [0.25, 0.3) is 11.0 Å². The van der Waals surface area contributed by atoms with Gasteiger partial charge in [0.1, 0.15) is 11.3 Å². The average Bonchev–Trinajstić information content (AvgIpc) is 3.37. The van der Waals surface area contributed by atoms with Crippen molar-refractivity contribution in [3.8, 4) is 5.75 Å². The molecular formula is C19H16O3. The van der Waals surface area contributed by atoms with Crippen molar-refractivity contribution in [2.75, 3.05) is 0 Å². The fourth-order valence-electron chi connectivity index (χ4n) is 3.19. The standard InChI is InChI=1S/C19H16O3/c20-18-14-8-4-5-9-15(14)22-19(21)17(18)16(13-10-11-13)12-6-2-1-3-7-12/h1-9,13,16,20H,10-11H2. The van der Waals surface area contributed by atoms with E-state index < -0.39 is 5.63 Å². The Balaban J connectivity index is 1.97. The molecule has 1 fully saturated rings. The molecule has 0 spiro atoms. The molecule has 0 aliphatic heterocycles. The van der Waals surface area contributed by atoms with E-state index in [-0.39, 0.29) is 11.7 Å². The van der Waals surface area contributed by atoms with Crippen LogP contribution in [0.3, 0.4) is 0 Å². The molecule has 1 atom stereocenters. The lowest BCUT2D eigenvalue weighted by Crippen LogP contribution is -2.15. The quantitative estimate of drug-likeness (QED) is 0.741. The Morgan fingerprint density at radius 2 is 1.68 bits per heavy atom. The van der Waals surface area contributed by atoms with Crippen molar-refractivity contribution in [2.45, 2.75) is 18.8 Å². The van der Waals surface area contributed by atoms with Crippen molar-refractivity contribution in [3.05, 3.63) is 76.1 Å². The first kappa shape index (κ1) is 13.1. The number of aromatic hydroxyl groups is 1. The lowest BCUT2D eigenvalue weighted by Gasteiger charge is -2.18. The van der Waals surface area contributed by atoms with E-state index in [4.69, 9.17) is 4.42 Å². The molecule has 1 aliphatic rings. The summed E-state index contributed by atoms with van der Waals surface area (Å²) in [5.41, 5.74) is 1.45. The van der Waals surface area contributed by atoms with Gasteiger partial charge in [0.25, 0.3) is 0 Å². The third-order valence-corrected chi connectivity index (χ3v) is 4.38. The summed E-state index contributed by atoms with van der Waals surface area (Å²) in [4.78, 5) is 12.5. The topological polar surface area (TPSA) is 50.4 Å². The van der Waals surface area contributed by atoms with Crippen molar-refractivity contribution < 1.29 is 9.52 Å². The maximum atomic E-state index is 12.5. The largest absolute Gasteiger partial charge is 0.507 e. The highest BCUT2D eigenvalue weighted by Gasteiger charge is 2.37. The summed E-state index contributed by atoms with van der Waals surface area (Å²) >= 11 is 0. The van der Waals surface area contributed by atoms with E-state index in [1.54, 1.807) is 18.2 Å². The van der Waals surface area contributed by atoms with Gasteiger partial charge in [-0.1, -0.05) is 42.5 Å². The minimum atomic E-state index is -0.433. The van der Waals surface area contributed by atoms with E-state index in [0.29, 0.717) is 22.5 Å². The molecule has 1 aromatic heterocycles. The highest BCUT2D eigenvalue weighted by molar-refractivity contribution is 5.84. The first-order chi connectivity index (χ1) is 10.8. The zero-order chi connectivity index (χ0) is 15.1.